The van der Waals surface area contributed by atoms with Gasteiger partial charge in [-0.15, -0.1) is 0 Å². The summed E-state index contributed by atoms with van der Waals surface area (Å²) in [4.78, 5) is 2.92. The summed E-state index contributed by atoms with van der Waals surface area (Å²) in [5.74, 6) is 4.32. The highest BCUT2D eigenvalue weighted by Crippen LogP contribution is 2.59. The molecule has 3 nitrogen and oxygen atoms in total. The minimum atomic E-state index is 0.681. The molecule has 21 heavy (non-hydrogen) atoms. The van der Waals surface area contributed by atoms with E-state index in [1.54, 1.807) is 19.3 Å². The summed E-state index contributed by atoms with van der Waals surface area (Å²) in [5.41, 5.74) is 1.07. The number of piperidine rings is 2. The van der Waals surface area contributed by atoms with E-state index < -0.39 is 0 Å². The van der Waals surface area contributed by atoms with Crippen molar-refractivity contribution in [2.75, 3.05) is 0 Å². The molecule has 3 heteroatoms. The molecule has 0 aromatic heterocycles. The van der Waals surface area contributed by atoms with Gasteiger partial charge < -0.3 is 5.21 Å². The highest BCUT2D eigenvalue weighted by atomic mass is 16.4. The van der Waals surface area contributed by atoms with E-state index in [1.807, 2.05) is 0 Å². The Balaban J connectivity index is 1.39. The molecule has 2 heterocycles. The lowest BCUT2D eigenvalue weighted by Gasteiger charge is -2.53. The maximum Gasteiger partial charge on any atom is 0.0601 e. The number of oxime groups is 1. The Hall–Kier alpha value is -0.570. The van der Waals surface area contributed by atoms with Gasteiger partial charge in [0.1, 0.15) is 0 Å². The lowest BCUT2D eigenvalue weighted by Crippen LogP contribution is -2.57. The minimum absolute atomic E-state index is 0.681. The van der Waals surface area contributed by atoms with Crippen molar-refractivity contribution in [1.82, 2.24) is 4.90 Å². The zero-order valence-corrected chi connectivity index (χ0v) is 13.0. The molecule has 7 atom stereocenters. The number of nitrogens with zero attached hydrogens (tertiary/aromatic N) is 2. The smallest absolute Gasteiger partial charge is 0.0601 e. The molecule has 5 aliphatic rings. The van der Waals surface area contributed by atoms with Gasteiger partial charge in [-0.1, -0.05) is 11.6 Å². The Morgan fingerprint density at radius 3 is 2.38 bits per heavy atom. The number of fused-ring (bicyclic) bond motifs is 3. The number of rotatable bonds is 1. The van der Waals surface area contributed by atoms with E-state index in [-0.39, 0.29) is 0 Å². The molecule has 5 fully saturated rings. The van der Waals surface area contributed by atoms with Gasteiger partial charge >= 0.3 is 0 Å². The zero-order chi connectivity index (χ0) is 14.0. The first-order valence-corrected chi connectivity index (χ1v) is 9.29. The zero-order valence-electron chi connectivity index (χ0n) is 13.0. The van der Waals surface area contributed by atoms with Crippen LogP contribution in [0.15, 0.2) is 5.16 Å². The van der Waals surface area contributed by atoms with Gasteiger partial charge in [-0.25, -0.2) is 0 Å². The molecule has 3 aliphatic carbocycles. The van der Waals surface area contributed by atoms with Crippen LogP contribution < -0.4 is 0 Å². The average molecular weight is 288 g/mol. The highest BCUT2D eigenvalue weighted by molar-refractivity contribution is 5.86. The lowest BCUT2D eigenvalue weighted by molar-refractivity contribution is -0.0114. The van der Waals surface area contributed by atoms with Crippen LogP contribution >= 0.6 is 0 Å². The average Bonchev–Trinajstić information content (AvgIpc) is 2.67. The van der Waals surface area contributed by atoms with Crippen molar-refractivity contribution in [3.8, 4) is 0 Å². The summed E-state index contributed by atoms with van der Waals surface area (Å²) in [5, 5.41) is 12.8. The topological polar surface area (TPSA) is 35.8 Å². The summed E-state index contributed by atoms with van der Waals surface area (Å²) in [6, 6.07) is 2.21. The van der Waals surface area contributed by atoms with Crippen molar-refractivity contribution >= 4 is 5.71 Å². The third kappa shape index (κ3) is 1.92. The van der Waals surface area contributed by atoms with Gasteiger partial charge in [-0.2, -0.15) is 0 Å². The predicted molar refractivity (Wildman–Crippen MR) is 82.6 cm³/mol. The molecule has 0 aromatic carbocycles. The Kier molecular flexibility index (Phi) is 2.90. The first kappa shape index (κ1) is 12.9. The summed E-state index contributed by atoms with van der Waals surface area (Å²) < 4.78 is 0. The molecule has 1 N–H and O–H groups in total. The quantitative estimate of drug-likeness (QED) is 0.590. The van der Waals surface area contributed by atoms with E-state index in [9.17, 15) is 5.21 Å². The molecule has 1 unspecified atom stereocenters. The first-order chi connectivity index (χ1) is 10.3. The number of hydrogen-bond acceptors (Lipinski definition) is 3. The predicted octanol–water partition coefficient (Wildman–Crippen LogP) is 3.66. The maximum atomic E-state index is 9.19. The van der Waals surface area contributed by atoms with Crippen molar-refractivity contribution in [2.24, 2.45) is 28.8 Å². The summed E-state index contributed by atoms with van der Waals surface area (Å²) in [6.45, 7) is 0. The van der Waals surface area contributed by atoms with Crippen LogP contribution in [0.3, 0.4) is 0 Å². The van der Waals surface area contributed by atoms with Gasteiger partial charge in [0, 0.05) is 31.0 Å². The van der Waals surface area contributed by atoms with Gasteiger partial charge in [-0.3, -0.25) is 4.90 Å². The van der Waals surface area contributed by atoms with Crippen LogP contribution in [0.25, 0.3) is 0 Å². The van der Waals surface area contributed by atoms with Gasteiger partial charge in [0.2, 0.25) is 0 Å². The Labute approximate surface area is 127 Å². The van der Waals surface area contributed by atoms with Crippen LogP contribution in [0.2, 0.25) is 0 Å². The fourth-order valence-corrected chi connectivity index (χ4v) is 6.94. The van der Waals surface area contributed by atoms with Crippen molar-refractivity contribution < 1.29 is 5.21 Å². The van der Waals surface area contributed by atoms with Crippen LogP contribution in [0.1, 0.15) is 64.2 Å². The molecule has 0 aromatic rings. The maximum absolute atomic E-state index is 9.19. The third-order valence-corrected chi connectivity index (χ3v) is 7.66. The lowest BCUT2D eigenvalue weighted by atomic mass is 9.64. The largest absolute Gasteiger partial charge is 0.411 e. The monoisotopic (exact) mass is 288 g/mol. The SMILES string of the molecule is ON=C1C[C@H]2CCC[C@@H](C1)N2[C@@H]1C[C@@H]2CC3[C@@H](C2)C[C@H]3C1. The van der Waals surface area contributed by atoms with Crippen molar-refractivity contribution in [1.29, 1.82) is 0 Å². The molecule has 0 amide bonds. The molecule has 116 valence electrons. The Bertz CT molecular complexity index is 442. The van der Waals surface area contributed by atoms with Crippen molar-refractivity contribution in [3.63, 3.8) is 0 Å². The molecular formula is C18H28N2O. The van der Waals surface area contributed by atoms with E-state index >= 15 is 0 Å². The Morgan fingerprint density at radius 2 is 1.62 bits per heavy atom. The molecule has 0 spiro atoms. The molecule has 3 saturated carbocycles. The second kappa shape index (κ2) is 4.71. The number of hydrogen-bond donors (Lipinski definition) is 1. The molecule has 0 radical (unpaired) electrons. The molecular weight excluding hydrogens is 260 g/mol. The molecule has 5 rings (SSSR count). The molecule has 4 bridgehead atoms. The summed E-state index contributed by atoms with van der Waals surface area (Å²) >= 11 is 0. The normalized spacial score (nSPS) is 54.3. The molecule has 2 aliphatic heterocycles. The first-order valence-electron chi connectivity index (χ1n) is 9.29. The second-order valence-electron chi connectivity index (χ2n) is 8.64. The summed E-state index contributed by atoms with van der Waals surface area (Å²) in [7, 11) is 0. The van der Waals surface area contributed by atoms with Gasteiger partial charge in [0.15, 0.2) is 0 Å². The third-order valence-electron chi connectivity index (χ3n) is 7.66. The van der Waals surface area contributed by atoms with Crippen molar-refractivity contribution in [2.45, 2.75) is 82.3 Å². The highest BCUT2D eigenvalue weighted by Gasteiger charge is 2.53. The van der Waals surface area contributed by atoms with Gasteiger partial charge in [0.25, 0.3) is 0 Å². The second-order valence-corrected chi connectivity index (χ2v) is 8.64. The summed E-state index contributed by atoms with van der Waals surface area (Å²) in [6.07, 6.45) is 13.7. The Morgan fingerprint density at radius 1 is 0.857 bits per heavy atom. The molecule has 2 saturated heterocycles. The van der Waals surface area contributed by atoms with E-state index in [2.05, 4.69) is 10.1 Å². The van der Waals surface area contributed by atoms with Crippen LogP contribution in [0.4, 0.5) is 0 Å². The fraction of sp³-hybridized carbons (Fsp3) is 0.944. The van der Waals surface area contributed by atoms with E-state index in [0.29, 0.717) is 12.1 Å². The standard InChI is InChI=1S/C18H28N2O/c21-19-14-9-15-2-1-3-16(10-14)20(15)17-5-11-4-12-7-13(8-17)18(12)6-11/h11-13,15-18,21H,1-10H2/t11-,12+,13+,15-,16+,17-,18?/m1/s1. The fourth-order valence-electron chi connectivity index (χ4n) is 6.94. The van der Waals surface area contributed by atoms with Gasteiger partial charge in [0.05, 0.1) is 5.71 Å². The minimum Gasteiger partial charge on any atom is -0.411 e. The van der Waals surface area contributed by atoms with Crippen molar-refractivity contribution in [3.05, 3.63) is 0 Å². The van der Waals surface area contributed by atoms with Crippen LogP contribution in [0, 0.1) is 23.7 Å². The van der Waals surface area contributed by atoms with Crippen LogP contribution in [0.5, 0.6) is 0 Å². The van der Waals surface area contributed by atoms with Gasteiger partial charge in [-0.05, 0) is 68.6 Å². The van der Waals surface area contributed by atoms with Crippen LogP contribution in [-0.4, -0.2) is 33.9 Å². The van der Waals surface area contributed by atoms with E-state index in [4.69, 9.17) is 0 Å². The van der Waals surface area contributed by atoms with E-state index in [1.165, 1.54) is 32.1 Å². The van der Waals surface area contributed by atoms with E-state index in [0.717, 1.165) is 48.3 Å². The van der Waals surface area contributed by atoms with Crippen LogP contribution in [-0.2, 0) is 0 Å².